The van der Waals surface area contributed by atoms with Gasteiger partial charge in [0.05, 0.1) is 24.8 Å². The summed E-state index contributed by atoms with van der Waals surface area (Å²) in [7, 11) is 0. The van der Waals surface area contributed by atoms with Crippen molar-refractivity contribution in [2.24, 2.45) is 5.41 Å². The lowest BCUT2D eigenvalue weighted by Crippen LogP contribution is -2.66. The summed E-state index contributed by atoms with van der Waals surface area (Å²) in [6.07, 6.45) is 1.18. The Morgan fingerprint density at radius 1 is 1.00 bits per heavy atom. The molecule has 1 aromatic heterocycles. The monoisotopic (exact) mass is 419 g/mol. The fourth-order valence-electron chi connectivity index (χ4n) is 4.28. The second-order valence-corrected chi connectivity index (χ2v) is 9.29. The molecule has 0 aliphatic carbocycles. The van der Waals surface area contributed by atoms with Crippen molar-refractivity contribution in [1.82, 2.24) is 9.97 Å². The molecule has 5 rings (SSSR count). The lowest BCUT2D eigenvalue weighted by molar-refractivity contribution is -0.127. The van der Waals surface area contributed by atoms with Crippen LogP contribution in [0.2, 0.25) is 0 Å². The zero-order valence-corrected chi connectivity index (χ0v) is 18.1. The van der Waals surface area contributed by atoms with Gasteiger partial charge in [0.15, 0.2) is 11.6 Å². The number of rotatable bonds is 5. The molecule has 160 valence electrons. The van der Waals surface area contributed by atoms with Gasteiger partial charge < -0.3 is 14.4 Å². The van der Waals surface area contributed by atoms with Crippen molar-refractivity contribution in [2.75, 3.05) is 31.2 Å². The topological polar surface area (TPSA) is 47.5 Å². The summed E-state index contributed by atoms with van der Waals surface area (Å²) >= 11 is 0. The van der Waals surface area contributed by atoms with E-state index in [1.807, 2.05) is 17.0 Å². The van der Waals surface area contributed by atoms with Gasteiger partial charge in [-0.25, -0.2) is 9.37 Å². The number of benzene rings is 2. The highest BCUT2D eigenvalue weighted by molar-refractivity contribution is 5.46. The van der Waals surface area contributed by atoms with E-state index in [0.717, 1.165) is 26.3 Å². The van der Waals surface area contributed by atoms with Gasteiger partial charge in [0, 0.05) is 18.5 Å². The minimum atomic E-state index is -0.433. The van der Waals surface area contributed by atoms with Crippen molar-refractivity contribution in [3.05, 3.63) is 77.2 Å². The highest BCUT2D eigenvalue weighted by Crippen LogP contribution is 2.40. The fraction of sp³-hybridized carbons (Fsp3) is 0.360. The molecule has 0 amide bonds. The summed E-state index contributed by atoms with van der Waals surface area (Å²) in [5.41, 5.74) is 3.72. The second kappa shape index (κ2) is 7.31. The van der Waals surface area contributed by atoms with Gasteiger partial charge in [0.25, 0.3) is 0 Å². The van der Waals surface area contributed by atoms with Crippen molar-refractivity contribution in [1.29, 1.82) is 0 Å². The Morgan fingerprint density at radius 3 is 2.19 bits per heavy atom. The molecule has 3 aromatic rings. The maximum absolute atomic E-state index is 14.3. The van der Waals surface area contributed by atoms with E-state index in [1.165, 1.54) is 22.9 Å². The molecule has 2 fully saturated rings. The van der Waals surface area contributed by atoms with E-state index < -0.39 is 5.82 Å². The average Bonchev–Trinajstić information content (AvgIpc) is 2.69. The van der Waals surface area contributed by atoms with Crippen molar-refractivity contribution in [3.63, 3.8) is 0 Å². The Labute approximate surface area is 181 Å². The zero-order chi connectivity index (χ0) is 21.6. The molecule has 2 aliphatic rings. The third-order valence-corrected chi connectivity index (χ3v) is 6.43. The molecule has 5 nitrogen and oxygen atoms in total. The maximum Gasteiger partial charge on any atom is 0.324 e. The quantitative estimate of drug-likeness (QED) is 0.590. The van der Waals surface area contributed by atoms with Crippen LogP contribution in [0.5, 0.6) is 11.8 Å². The van der Waals surface area contributed by atoms with E-state index >= 15 is 0 Å². The van der Waals surface area contributed by atoms with Gasteiger partial charge >= 0.3 is 6.01 Å². The largest absolute Gasteiger partial charge is 0.424 e. The number of aromatic nitrogens is 2. The number of anilines is 1. The Hall–Kier alpha value is -2.99. The number of ether oxygens (including phenoxy) is 2. The lowest BCUT2D eigenvalue weighted by Gasteiger charge is -2.55. The van der Waals surface area contributed by atoms with Crippen molar-refractivity contribution in [2.45, 2.75) is 26.2 Å². The third-order valence-electron chi connectivity index (χ3n) is 6.43. The van der Waals surface area contributed by atoms with Crippen LogP contribution >= 0.6 is 0 Å². The molecule has 0 radical (unpaired) electrons. The smallest absolute Gasteiger partial charge is 0.324 e. The maximum atomic E-state index is 14.3. The normalized spacial score (nSPS) is 17.2. The second-order valence-electron chi connectivity index (χ2n) is 9.29. The highest BCUT2D eigenvalue weighted by Gasteiger charge is 2.50. The SMILES string of the molecule is Cc1ccc(C(C)(C)c2ccc(Oc3ncc(F)c(N4CC5(COC5)C4)n3)cc2)cc1. The first-order valence-electron chi connectivity index (χ1n) is 10.6. The van der Waals surface area contributed by atoms with Crippen LogP contribution in [0, 0.1) is 18.2 Å². The molecule has 2 saturated heterocycles. The molecule has 0 saturated carbocycles. The van der Waals surface area contributed by atoms with E-state index in [-0.39, 0.29) is 16.8 Å². The van der Waals surface area contributed by atoms with Gasteiger partial charge in [-0.3, -0.25) is 0 Å². The highest BCUT2D eigenvalue weighted by atomic mass is 19.1. The Kier molecular flexibility index (Phi) is 4.70. The Balaban J connectivity index is 1.31. The van der Waals surface area contributed by atoms with Crippen molar-refractivity contribution < 1.29 is 13.9 Å². The molecular formula is C25H26FN3O2. The van der Waals surface area contributed by atoms with Gasteiger partial charge in [-0.1, -0.05) is 55.8 Å². The van der Waals surface area contributed by atoms with Gasteiger partial charge in [-0.05, 0) is 30.2 Å². The van der Waals surface area contributed by atoms with Crippen LogP contribution in [0.25, 0.3) is 0 Å². The lowest BCUT2D eigenvalue weighted by atomic mass is 9.78. The first kappa shape index (κ1) is 19.9. The van der Waals surface area contributed by atoms with Crippen LogP contribution in [0.1, 0.15) is 30.5 Å². The van der Waals surface area contributed by atoms with E-state index in [2.05, 4.69) is 67.1 Å². The van der Waals surface area contributed by atoms with E-state index in [4.69, 9.17) is 9.47 Å². The van der Waals surface area contributed by atoms with Crippen LogP contribution < -0.4 is 9.64 Å². The summed E-state index contributed by atoms with van der Waals surface area (Å²) in [5, 5.41) is 0. The van der Waals surface area contributed by atoms with Crippen LogP contribution in [0.4, 0.5) is 10.2 Å². The summed E-state index contributed by atoms with van der Waals surface area (Å²) in [4.78, 5) is 10.2. The minimum absolute atomic E-state index is 0.134. The minimum Gasteiger partial charge on any atom is -0.424 e. The first-order chi connectivity index (χ1) is 14.8. The number of aryl methyl sites for hydroxylation is 1. The van der Waals surface area contributed by atoms with Crippen LogP contribution in [0.3, 0.4) is 0 Å². The van der Waals surface area contributed by atoms with Crippen LogP contribution in [0.15, 0.2) is 54.7 Å². The molecule has 2 aromatic carbocycles. The number of hydrogen-bond acceptors (Lipinski definition) is 5. The molecule has 0 N–H and O–H groups in total. The van der Waals surface area contributed by atoms with E-state index in [1.54, 1.807) is 0 Å². The predicted octanol–water partition coefficient (Wildman–Crippen LogP) is 4.88. The zero-order valence-electron chi connectivity index (χ0n) is 18.1. The summed E-state index contributed by atoms with van der Waals surface area (Å²) in [6, 6.07) is 16.7. The van der Waals surface area contributed by atoms with Gasteiger partial charge in [0.2, 0.25) is 0 Å². The van der Waals surface area contributed by atoms with E-state index in [9.17, 15) is 4.39 Å². The van der Waals surface area contributed by atoms with Gasteiger partial charge in [0.1, 0.15) is 5.75 Å². The molecular weight excluding hydrogens is 393 g/mol. The number of nitrogens with zero attached hydrogens (tertiary/aromatic N) is 3. The van der Waals surface area contributed by atoms with Crippen molar-refractivity contribution in [3.8, 4) is 11.8 Å². The molecule has 2 aliphatic heterocycles. The molecule has 0 bridgehead atoms. The summed E-state index contributed by atoms with van der Waals surface area (Å²) in [6.45, 7) is 9.49. The van der Waals surface area contributed by atoms with Gasteiger partial charge in [-0.15, -0.1) is 0 Å². The predicted molar refractivity (Wildman–Crippen MR) is 117 cm³/mol. The van der Waals surface area contributed by atoms with Crippen molar-refractivity contribution >= 4 is 5.82 Å². The standard InChI is InChI=1S/C25H26FN3O2/c1-17-4-6-18(7-5-17)24(2,3)19-8-10-20(11-9-19)31-23-27-12-21(26)22(28-23)29-13-25(14-29)15-30-16-25/h4-12H,13-16H2,1-3H3. The van der Waals surface area contributed by atoms with E-state index in [0.29, 0.717) is 11.6 Å². The third kappa shape index (κ3) is 3.65. The molecule has 3 heterocycles. The molecule has 6 heteroatoms. The van der Waals surface area contributed by atoms with Gasteiger partial charge in [-0.2, -0.15) is 4.98 Å². The van der Waals surface area contributed by atoms with Crippen LogP contribution in [-0.2, 0) is 10.2 Å². The number of hydrogen-bond donors (Lipinski definition) is 0. The van der Waals surface area contributed by atoms with Crippen LogP contribution in [-0.4, -0.2) is 36.3 Å². The molecule has 31 heavy (non-hydrogen) atoms. The number of halogens is 1. The fourth-order valence-corrected chi connectivity index (χ4v) is 4.28. The average molecular weight is 420 g/mol. The first-order valence-corrected chi connectivity index (χ1v) is 10.6. The summed E-state index contributed by atoms with van der Waals surface area (Å²) in [5.74, 6) is 0.478. The molecule has 0 unspecified atom stereocenters. The summed E-state index contributed by atoms with van der Waals surface area (Å²) < 4.78 is 25.4. The Morgan fingerprint density at radius 2 is 1.61 bits per heavy atom. The molecule has 0 atom stereocenters. The molecule has 1 spiro atoms. The Bertz CT molecular complexity index is 1080.